The van der Waals surface area contributed by atoms with Crippen molar-refractivity contribution in [2.24, 2.45) is 0 Å². The fraction of sp³-hybridized carbons (Fsp3) is 0.625. The highest BCUT2D eigenvalue weighted by Crippen LogP contribution is 2.54. The summed E-state index contributed by atoms with van der Waals surface area (Å²) < 4.78 is 28.2. The van der Waals surface area contributed by atoms with Gasteiger partial charge in [-0.15, -0.1) is 9.79 Å². The van der Waals surface area contributed by atoms with E-state index >= 15 is 0 Å². The second kappa shape index (κ2) is 5.82. The van der Waals surface area contributed by atoms with Crippen molar-refractivity contribution in [3.63, 3.8) is 0 Å². The van der Waals surface area contributed by atoms with Gasteiger partial charge in [-0.25, -0.2) is 9.78 Å². The Kier molecular flexibility index (Phi) is 4.56. The number of hydrogen-bond donors (Lipinski definition) is 3. The predicted molar refractivity (Wildman–Crippen MR) is 68.9 cm³/mol. The van der Waals surface area contributed by atoms with Crippen molar-refractivity contribution in [1.82, 2.24) is 14.5 Å². The first kappa shape index (κ1) is 17.2. The number of ether oxygens (including phenoxy) is 1. The van der Waals surface area contributed by atoms with Gasteiger partial charge in [-0.2, -0.15) is 4.98 Å². The molecule has 5 atom stereocenters. The van der Waals surface area contributed by atoms with Crippen molar-refractivity contribution in [3.8, 4) is 0 Å². The Balaban J connectivity index is 2.32. The Morgan fingerprint density at radius 2 is 2.05 bits per heavy atom. The fourth-order valence-corrected chi connectivity index (χ4v) is 4.18. The number of hydrogen-bond acceptors (Lipinski definition) is 7. The molecule has 12 nitrogen and oxygen atoms in total. The van der Waals surface area contributed by atoms with Gasteiger partial charge in [0.2, 0.25) is 5.95 Å². The predicted octanol–water partition coefficient (Wildman–Crippen LogP) is -0.892. The zero-order valence-electron chi connectivity index (χ0n) is 10.9. The van der Waals surface area contributed by atoms with Gasteiger partial charge in [-0.3, -0.25) is 13.7 Å². The quantitative estimate of drug-likeness (QED) is 0.574. The number of aromatic nitrogens is 3. The van der Waals surface area contributed by atoms with Crippen LogP contribution in [0.5, 0.6) is 0 Å². The van der Waals surface area contributed by atoms with Crippen LogP contribution in [0.3, 0.4) is 0 Å². The second-order valence-electron chi connectivity index (χ2n) is 4.72. The van der Waals surface area contributed by atoms with E-state index in [2.05, 4.69) is 9.97 Å². The molecular formula is C8H12N4O8P2. The molecule has 1 fully saturated rings. The van der Waals surface area contributed by atoms with E-state index in [1.807, 2.05) is 0 Å². The molecule has 4 N–H and O–H groups in total. The minimum atomic E-state index is -4.96. The molecule has 0 aliphatic carbocycles. The van der Waals surface area contributed by atoms with Gasteiger partial charge in [0.15, 0.2) is 0 Å². The summed E-state index contributed by atoms with van der Waals surface area (Å²) in [5.74, 6) is -0.302. The molecule has 1 saturated heterocycles. The first-order chi connectivity index (χ1) is 9.97. The lowest BCUT2D eigenvalue weighted by molar-refractivity contribution is 0.00639. The van der Waals surface area contributed by atoms with Crippen LogP contribution in [-0.4, -0.2) is 42.2 Å². The minimum Gasteiger partial charge on any atom is -0.368 e. The van der Waals surface area contributed by atoms with E-state index in [-0.39, 0.29) is 5.95 Å². The average molecular weight is 354 g/mol. The number of nitrogens with two attached hydrogens (primary N) is 1. The van der Waals surface area contributed by atoms with E-state index in [1.165, 1.54) is 0 Å². The number of anilines is 1. The highest BCUT2D eigenvalue weighted by molar-refractivity contribution is 7.53. The van der Waals surface area contributed by atoms with E-state index in [0.29, 0.717) is 0 Å². The summed E-state index contributed by atoms with van der Waals surface area (Å²) in [7, 11) is -9.81. The molecule has 122 valence electrons. The maximum absolute atomic E-state index is 11.7. The molecule has 22 heavy (non-hydrogen) atoms. The smallest absolute Gasteiger partial charge is 0.361 e. The molecule has 2 rings (SSSR count). The summed E-state index contributed by atoms with van der Waals surface area (Å²) in [6.07, 6.45) is -3.22. The molecule has 0 bridgehead atoms. The molecule has 0 spiro atoms. The van der Waals surface area contributed by atoms with Gasteiger partial charge in [-0.05, 0) is 0 Å². The Labute approximate surface area is 123 Å². The van der Waals surface area contributed by atoms with Crippen LogP contribution < -0.4 is 11.4 Å². The molecule has 0 saturated carbocycles. The fourth-order valence-electron chi connectivity index (χ4n) is 2.17. The van der Waals surface area contributed by atoms with E-state index in [0.717, 1.165) is 10.9 Å². The largest absolute Gasteiger partial charge is 0.368 e. The number of nitrogen functional groups attached to an aromatic ring is 1. The molecule has 2 unspecified atom stereocenters. The third-order valence-electron chi connectivity index (χ3n) is 3.09. The molecule has 2 heterocycles. The number of nitrogens with zero attached hydrogens (tertiary/aromatic N) is 3. The Hall–Kier alpha value is -1.13. The Morgan fingerprint density at radius 1 is 1.41 bits per heavy atom. The molecule has 2 radical (unpaired) electrons. The lowest BCUT2D eigenvalue weighted by Crippen LogP contribution is -2.28. The maximum Gasteiger partial charge on any atom is 0.361 e. The van der Waals surface area contributed by atoms with Gasteiger partial charge in [0.25, 0.3) is 0 Å². The lowest BCUT2D eigenvalue weighted by atomic mass is 10.2. The average Bonchev–Trinajstić information content (AvgIpc) is 2.69. The molecular weight excluding hydrogens is 342 g/mol. The van der Waals surface area contributed by atoms with Crippen molar-refractivity contribution >= 4 is 21.1 Å². The van der Waals surface area contributed by atoms with Crippen molar-refractivity contribution in [3.05, 3.63) is 16.8 Å². The third-order valence-corrected chi connectivity index (χ3v) is 5.29. The molecule has 0 amide bonds. The van der Waals surface area contributed by atoms with Crippen LogP contribution >= 0.6 is 15.2 Å². The molecule has 1 aromatic heterocycles. The van der Waals surface area contributed by atoms with Gasteiger partial charge in [0, 0.05) is 6.42 Å². The summed E-state index contributed by atoms with van der Waals surface area (Å²) in [5, 5.41) is 0. The zero-order chi connectivity index (χ0) is 16.7. The van der Waals surface area contributed by atoms with Gasteiger partial charge < -0.3 is 20.3 Å². The van der Waals surface area contributed by atoms with E-state index < -0.39 is 51.5 Å². The SMILES string of the molecule is Nc1ncn([C@H]2C[C@H](P([O])(=O)O)[C@@H](CP([O])(=O)O)O2)c(=O)n1. The van der Waals surface area contributed by atoms with Crippen molar-refractivity contribution in [1.29, 1.82) is 0 Å². The second-order valence-corrected chi connectivity index (χ2v) is 8.15. The summed E-state index contributed by atoms with van der Waals surface area (Å²) >= 11 is 0. The van der Waals surface area contributed by atoms with Gasteiger partial charge >= 0.3 is 20.9 Å². The Morgan fingerprint density at radius 3 is 2.55 bits per heavy atom. The summed E-state index contributed by atoms with van der Waals surface area (Å²) in [6, 6.07) is 0. The molecule has 0 aromatic carbocycles. The Bertz CT molecular complexity index is 710. The zero-order valence-corrected chi connectivity index (χ0v) is 12.7. The standard InChI is InChI=1S/C8H12N4O8P2/c9-7-10-3-12(8(13)11-7)6-1-5(22(17,18)19)4(20-6)2-21(14,15)16/h3-6H,1-2H2,(H,14,15)(H,17,18)(H2,9,11,13)/t4-,5+,6-/m1/s1. The summed E-state index contributed by atoms with van der Waals surface area (Å²) in [4.78, 5) is 58.8. The topological polar surface area (TPSA) is 197 Å². The highest BCUT2D eigenvalue weighted by Gasteiger charge is 2.49. The molecule has 14 heteroatoms. The van der Waals surface area contributed by atoms with Crippen molar-refractivity contribution in [2.75, 3.05) is 11.9 Å². The van der Waals surface area contributed by atoms with Crippen LogP contribution in [0.15, 0.2) is 11.1 Å². The lowest BCUT2D eigenvalue weighted by Gasteiger charge is -2.18. The van der Waals surface area contributed by atoms with Gasteiger partial charge in [0.1, 0.15) is 12.6 Å². The first-order valence-electron chi connectivity index (χ1n) is 5.90. The van der Waals surface area contributed by atoms with Crippen LogP contribution in [0.4, 0.5) is 5.95 Å². The van der Waals surface area contributed by atoms with Crippen molar-refractivity contribution < 1.29 is 33.4 Å². The van der Waals surface area contributed by atoms with Crippen molar-refractivity contribution in [2.45, 2.75) is 24.4 Å². The van der Waals surface area contributed by atoms with Gasteiger partial charge in [0.05, 0.1) is 17.9 Å². The van der Waals surface area contributed by atoms with Crippen LogP contribution in [-0.2, 0) is 23.7 Å². The monoisotopic (exact) mass is 354 g/mol. The van der Waals surface area contributed by atoms with Crippen LogP contribution in [0.2, 0.25) is 0 Å². The summed E-state index contributed by atoms with van der Waals surface area (Å²) in [6.45, 7) is 0. The maximum atomic E-state index is 11.7. The van der Waals surface area contributed by atoms with E-state index in [9.17, 15) is 28.6 Å². The first-order valence-corrected chi connectivity index (χ1v) is 9.31. The number of rotatable bonds is 4. The molecule has 1 aliphatic heterocycles. The van der Waals surface area contributed by atoms with Gasteiger partial charge in [-0.1, -0.05) is 0 Å². The third kappa shape index (κ3) is 3.99. The minimum absolute atomic E-state index is 0.302. The summed E-state index contributed by atoms with van der Waals surface area (Å²) in [5.41, 5.74) is 2.73. The van der Waals surface area contributed by atoms with Crippen LogP contribution in [0.25, 0.3) is 0 Å². The molecule has 1 aromatic rings. The molecule has 1 aliphatic rings. The van der Waals surface area contributed by atoms with Crippen LogP contribution in [0.1, 0.15) is 12.6 Å². The van der Waals surface area contributed by atoms with Crippen LogP contribution in [0, 0.1) is 0 Å². The van der Waals surface area contributed by atoms with E-state index in [1.54, 1.807) is 0 Å². The highest BCUT2D eigenvalue weighted by atomic mass is 31.2. The normalized spacial score (nSPS) is 26.3. The van der Waals surface area contributed by atoms with E-state index in [4.69, 9.17) is 15.4 Å².